The molecule has 58 heavy (non-hydrogen) atoms. The van der Waals surface area contributed by atoms with Gasteiger partial charge in [0.05, 0.1) is 0 Å². The molecule has 0 saturated carbocycles. The summed E-state index contributed by atoms with van der Waals surface area (Å²) in [5.74, 6) is 11.6. The summed E-state index contributed by atoms with van der Waals surface area (Å²) in [5.41, 5.74) is 2.02. The number of unbranched alkanes of at least 4 members (excludes halogenated alkanes) is 20. The highest BCUT2D eigenvalue weighted by Crippen LogP contribution is 2.15. The molecule has 0 aliphatic heterocycles. The Balaban J connectivity index is 1.40. The van der Waals surface area contributed by atoms with Crippen LogP contribution in [0.4, 0.5) is 0 Å². The summed E-state index contributed by atoms with van der Waals surface area (Å²) in [4.78, 5) is 49.9. The molecule has 0 unspecified atom stereocenters. The normalized spacial score (nSPS) is 10.5. The lowest BCUT2D eigenvalue weighted by molar-refractivity contribution is -0.135. The maximum absolute atomic E-state index is 12.6. The van der Waals surface area contributed by atoms with E-state index in [1.54, 1.807) is 24.3 Å². The van der Waals surface area contributed by atoms with Crippen molar-refractivity contribution < 1.29 is 19.1 Å². The van der Waals surface area contributed by atoms with Crippen LogP contribution in [0, 0.1) is 23.7 Å². The van der Waals surface area contributed by atoms with Gasteiger partial charge in [0.15, 0.2) is 11.5 Å². The first-order chi connectivity index (χ1) is 28.4. The highest BCUT2D eigenvalue weighted by Gasteiger charge is 2.09. The van der Waals surface area contributed by atoms with Gasteiger partial charge in [0.2, 0.25) is 10.9 Å². The minimum atomic E-state index is -0.387. The maximum atomic E-state index is 12.6. The van der Waals surface area contributed by atoms with Crippen molar-refractivity contribution in [3.8, 4) is 35.2 Å². The van der Waals surface area contributed by atoms with Crippen LogP contribution >= 0.6 is 0 Å². The Morgan fingerprint density at radius 3 is 0.897 bits per heavy atom. The summed E-state index contributed by atoms with van der Waals surface area (Å²) >= 11 is 0. The van der Waals surface area contributed by atoms with Crippen molar-refractivity contribution in [2.75, 3.05) is 0 Å². The van der Waals surface area contributed by atoms with E-state index in [1.807, 2.05) is 24.3 Å². The van der Waals surface area contributed by atoms with Crippen molar-refractivity contribution in [3.63, 3.8) is 0 Å². The van der Waals surface area contributed by atoms with Crippen molar-refractivity contribution in [1.29, 1.82) is 0 Å². The Hall–Kier alpha value is -4.94. The topological polar surface area (TPSA) is 86.7 Å². The van der Waals surface area contributed by atoms with Crippen LogP contribution in [-0.2, 0) is 9.59 Å². The molecule has 0 aromatic heterocycles. The minimum Gasteiger partial charge on any atom is -0.422 e. The number of ether oxygens (including phenoxy) is 2. The Kier molecular flexibility index (Phi) is 24.7. The van der Waals surface area contributed by atoms with E-state index in [4.69, 9.17) is 9.47 Å². The molecule has 310 valence electrons. The number of carbonyl (C=O) groups is 2. The van der Waals surface area contributed by atoms with Gasteiger partial charge in [-0.3, -0.25) is 19.2 Å². The Morgan fingerprint density at radius 1 is 0.362 bits per heavy atom. The molecule has 6 nitrogen and oxygen atoms in total. The van der Waals surface area contributed by atoms with Crippen LogP contribution in [0.5, 0.6) is 11.5 Å². The van der Waals surface area contributed by atoms with Gasteiger partial charge in [-0.15, -0.1) is 0 Å². The second kappa shape index (κ2) is 30.2. The molecule has 0 amide bonds. The first kappa shape index (κ1) is 47.4. The van der Waals surface area contributed by atoms with E-state index in [2.05, 4.69) is 37.5 Å². The molecular formula is C52H66O6. The molecule has 0 bridgehead atoms. The van der Waals surface area contributed by atoms with Crippen molar-refractivity contribution in [2.45, 2.75) is 168 Å². The van der Waals surface area contributed by atoms with E-state index in [1.165, 1.54) is 127 Å². The molecular weight excluding hydrogens is 721 g/mol. The van der Waals surface area contributed by atoms with Crippen LogP contribution in [0.3, 0.4) is 0 Å². The zero-order valence-electron chi connectivity index (χ0n) is 35.3. The number of carbonyl (C=O) groups excluding carboxylic acids is 2. The SMILES string of the molecule is CCCCCCCCCCCCCC(=O)Oc1ccc(C#Cc2ccc(C#Cc3ccc(OC(=O)CCCCCCCCCCCCC)c(=O)cc3)cc2)ccc1=O. The summed E-state index contributed by atoms with van der Waals surface area (Å²) < 4.78 is 10.8. The monoisotopic (exact) mass is 786 g/mol. The van der Waals surface area contributed by atoms with E-state index in [9.17, 15) is 19.2 Å². The summed E-state index contributed by atoms with van der Waals surface area (Å²) in [5, 5.41) is 0. The molecule has 0 saturated heterocycles. The summed E-state index contributed by atoms with van der Waals surface area (Å²) in [6, 6.07) is 19.8. The zero-order chi connectivity index (χ0) is 41.5. The number of benzene rings is 1. The van der Waals surface area contributed by atoms with Gasteiger partial charge in [0, 0.05) is 35.1 Å². The Morgan fingerprint density at radius 2 is 0.603 bits per heavy atom. The van der Waals surface area contributed by atoms with Gasteiger partial charge in [-0.25, -0.2) is 0 Å². The van der Waals surface area contributed by atoms with Gasteiger partial charge >= 0.3 is 11.9 Å². The smallest absolute Gasteiger partial charge is 0.311 e. The van der Waals surface area contributed by atoms with Crippen LogP contribution in [0.15, 0.2) is 82.4 Å². The van der Waals surface area contributed by atoms with Crippen LogP contribution in [0.25, 0.3) is 0 Å². The molecule has 0 heterocycles. The Bertz CT molecular complexity index is 1770. The highest BCUT2D eigenvalue weighted by atomic mass is 16.5. The third kappa shape index (κ3) is 21.5. The first-order valence-corrected chi connectivity index (χ1v) is 22.2. The maximum Gasteiger partial charge on any atom is 0.311 e. The first-order valence-electron chi connectivity index (χ1n) is 22.2. The van der Waals surface area contributed by atoms with Gasteiger partial charge in [0.1, 0.15) is 0 Å². The van der Waals surface area contributed by atoms with Crippen LogP contribution < -0.4 is 20.3 Å². The number of rotatable bonds is 26. The lowest BCUT2D eigenvalue weighted by Gasteiger charge is -2.03. The van der Waals surface area contributed by atoms with Crippen molar-refractivity contribution >= 4 is 11.9 Å². The van der Waals surface area contributed by atoms with E-state index >= 15 is 0 Å². The predicted molar refractivity (Wildman–Crippen MR) is 237 cm³/mol. The fourth-order valence-corrected chi connectivity index (χ4v) is 6.58. The van der Waals surface area contributed by atoms with Gasteiger partial charge < -0.3 is 9.47 Å². The van der Waals surface area contributed by atoms with Crippen molar-refractivity contribution in [3.05, 3.63) is 115 Å². The van der Waals surface area contributed by atoms with Crippen LogP contribution in [0.2, 0.25) is 0 Å². The zero-order valence-corrected chi connectivity index (χ0v) is 35.3. The molecule has 0 spiro atoms. The standard InChI is InChI=1S/C52H66O6/c1-3-5-7-9-11-13-15-17-19-21-23-25-51(55)57-49-41-37-45(35-39-47(49)53)33-31-43-27-29-44(30-28-43)32-34-46-36-40-48(54)50(42-38-46)58-52(56)26-24-22-20-18-16-14-12-10-8-6-4-2/h27-30,35-42H,3-26H2,1-2H3. The quantitative estimate of drug-likeness (QED) is 0.0457. The summed E-state index contributed by atoms with van der Waals surface area (Å²) in [7, 11) is 0. The lowest BCUT2D eigenvalue weighted by atomic mass is 10.1. The van der Waals surface area contributed by atoms with Gasteiger partial charge in [-0.1, -0.05) is 166 Å². The molecule has 3 aromatic rings. The number of hydrogen-bond donors (Lipinski definition) is 0. The molecule has 6 heteroatoms. The molecule has 0 aliphatic carbocycles. The average molecular weight is 787 g/mol. The third-order valence-electron chi connectivity index (χ3n) is 10.1. The molecule has 0 aliphatic rings. The molecule has 0 atom stereocenters. The second-order valence-electron chi connectivity index (χ2n) is 15.3. The number of esters is 2. The van der Waals surface area contributed by atoms with Crippen molar-refractivity contribution in [2.24, 2.45) is 0 Å². The third-order valence-corrected chi connectivity index (χ3v) is 10.1. The highest BCUT2D eigenvalue weighted by molar-refractivity contribution is 5.72. The molecule has 0 fully saturated rings. The lowest BCUT2D eigenvalue weighted by Crippen LogP contribution is -2.12. The fourth-order valence-electron chi connectivity index (χ4n) is 6.58. The number of hydrogen-bond acceptors (Lipinski definition) is 6. The fraction of sp³-hybridized carbons (Fsp3) is 0.500. The van der Waals surface area contributed by atoms with Gasteiger partial charge in [0.25, 0.3) is 0 Å². The van der Waals surface area contributed by atoms with Crippen LogP contribution in [-0.4, -0.2) is 11.9 Å². The molecule has 0 N–H and O–H groups in total. The van der Waals surface area contributed by atoms with E-state index in [0.717, 1.165) is 49.7 Å². The van der Waals surface area contributed by atoms with E-state index in [0.29, 0.717) is 24.0 Å². The summed E-state index contributed by atoms with van der Waals surface area (Å²) in [6.07, 6.45) is 27.0. The second-order valence-corrected chi connectivity index (χ2v) is 15.3. The largest absolute Gasteiger partial charge is 0.422 e. The van der Waals surface area contributed by atoms with Crippen LogP contribution in [0.1, 0.15) is 190 Å². The predicted octanol–water partition coefficient (Wildman–Crippen LogP) is 12.4. The summed E-state index contributed by atoms with van der Waals surface area (Å²) in [6.45, 7) is 4.48. The molecule has 0 radical (unpaired) electrons. The van der Waals surface area contributed by atoms with Crippen molar-refractivity contribution in [1.82, 2.24) is 0 Å². The van der Waals surface area contributed by atoms with Gasteiger partial charge in [-0.05, 0) is 85.6 Å². The molecule has 3 rings (SSSR count). The van der Waals surface area contributed by atoms with Gasteiger partial charge in [-0.2, -0.15) is 0 Å². The molecule has 3 aromatic carbocycles. The Labute approximate surface area is 348 Å². The van der Waals surface area contributed by atoms with E-state index in [-0.39, 0.29) is 34.3 Å². The minimum absolute atomic E-state index is 0.00888. The average Bonchev–Trinajstić information content (AvgIpc) is 3.51. The van der Waals surface area contributed by atoms with E-state index < -0.39 is 0 Å².